The molecule has 0 saturated heterocycles. The first kappa shape index (κ1) is 11.3. The number of nitrogens with zero attached hydrogens (tertiary/aromatic N) is 1. The molecule has 1 rings (SSSR count). The minimum atomic E-state index is 0.553. The zero-order valence-electron chi connectivity index (χ0n) is 8.59. The number of benzene rings is 1. The lowest BCUT2D eigenvalue weighted by atomic mass is 10.3. The van der Waals surface area contributed by atoms with Crippen LogP contribution in [0.3, 0.4) is 0 Å². The minimum absolute atomic E-state index is 0.553. The van der Waals surface area contributed by atoms with Crippen LogP contribution in [0.5, 0.6) is 5.75 Å². The molecule has 0 bridgehead atoms. The van der Waals surface area contributed by atoms with Gasteiger partial charge in [0.15, 0.2) is 0 Å². The van der Waals surface area contributed by atoms with Crippen molar-refractivity contribution in [3.05, 3.63) is 29.3 Å². The van der Waals surface area contributed by atoms with Gasteiger partial charge in [0, 0.05) is 12.6 Å². The second-order valence-corrected chi connectivity index (χ2v) is 3.73. The minimum Gasteiger partial charge on any atom is -0.492 e. The molecule has 0 spiro atoms. The van der Waals surface area contributed by atoms with Crippen LogP contribution < -0.4 is 4.74 Å². The summed E-state index contributed by atoms with van der Waals surface area (Å²) < 4.78 is 5.50. The van der Waals surface area contributed by atoms with E-state index in [4.69, 9.17) is 16.3 Å². The Kier molecular flexibility index (Phi) is 4.77. The largest absolute Gasteiger partial charge is 0.492 e. The molecular weight excluding hydrogens is 198 g/mol. The van der Waals surface area contributed by atoms with Crippen molar-refractivity contribution in [3.8, 4) is 5.75 Å². The van der Waals surface area contributed by atoms with Crippen molar-refractivity contribution in [3.63, 3.8) is 0 Å². The van der Waals surface area contributed by atoms with Crippen LogP contribution in [0.1, 0.15) is 6.42 Å². The summed E-state index contributed by atoms with van der Waals surface area (Å²) in [5.41, 5.74) is 0. The smallest absolute Gasteiger partial charge is 0.138 e. The maximum Gasteiger partial charge on any atom is 0.138 e. The van der Waals surface area contributed by atoms with Gasteiger partial charge >= 0.3 is 0 Å². The fourth-order valence-electron chi connectivity index (χ4n) is 1.08. The van der Waals surface area contributed by atoms with Crippen LogP contribution in [0.2, 0.25) is 5.02 Å². The second kappa shape index (κ2) is 5.89. The van der Waals surface area contributed by atoms with Crippen LogP contribution in [0.25, 0.3) is 0 Å². The maximum atomic E-state index is 5.87. The molecule has 0 N–H and O–H groups in total. The van der Waals surface area contributed by atoms with Gasteiger partial charge in [0.1, 0.15) is 5.75 Å². The summed E-state index contributed by atoms with van der Waals surface area (Å²) in [5, 5.41) is 0.553. The summed E-state index contributed by atoms with van der Waals surface area (Å²) in [4.78, 5) is 2.13. The van der Waals surface area contributed by atoms with Crippen LogP contribution in [0.15, 0.2) is 18.2 Å². The first-order valence-corrected chi connectivity index (χ1v) is 5.01. The highest BCUT2D eigenvalue weighted by atomic mass is 35.5. The molecule has 1 radical (unpaired) electrons. The van der Waals surface area contributed by atoms with E-state index in [9.17, 15) is 0 Å². The highest BCUT2D eigenvalue weighted by Crippen LogP contribution is 2.22. The molecule has 0 heterocycles. The van der Waals surface area contributed by atoms with Crippen LogP contribution in [-0.4, -0.2) is 32.1 Å². The van der Waals surface area contributed by atoms with Crippen molar-refractivity contribution < 1.29 is 4.74 Å². The van der Waals surface area contributed by atoms with Crippen molar-refractivity contribution in [2.75, 3.05) is 27.2 Å². The van der Waals surface area contributed by atoms with Crippen molar-refractivity contribution in [1.29, 1.82) is 0 Å². The van der Waals surface area contributed by atoms with Gasteiger partial charge in [-0.25, -0.2) is 0 Å². The Morgan fingerprint density at radius 3 is 2.93 bits per heavy atom. The average Bonchev–Trinajstić information content (AvgIpc) is 2.15. The van der Waals surface area contributed by atoms with Gasteiger partial charge in [-0.2, -0.15) is 0 Å². The van der Waals surface area contributed by atoms with E-state index in [-0.39, 0.29) is 0 Å². The molecule has 77 valence electrons. The van der Waals surface area contributed by atoms with Gasteiger partial charge in [0.2, 0.25) is 0 Å². The molecule has 1 aromatic rings. The van der Waals surface area contributed by atoms with E-state index in [1.54, 1.807) is 6.07 Å². The van der Waals surface area contributed by atoms with Gasteiger partial charge in [-0.1, -0.05) is 23.7 Å². The lowest BCUT2D eigenvalue weighted by Gasteiger charge is -2.10. The lowest BCUT2D eigenvalue weighted by molar-refractivity contribution is 0.281. The average molecular weight is 213 g/mol. The van der Waals surface area contributed by atoms with Gasteiger partial charge in [0.25, 0.3) is 0 Å². The number of rotatable bonds is 5. The van der Waals surface area contributed by atoms with Gasteiger partial charge in [-0.15, -0.1) is 0 Å². The molecule has 14 heavy (non-hydrogen) atoms. The monoisotopic (exact) mass is 212 g/mol. The summed E-state index contributed by atoms with van der Waals surface area (Å²) in [5.74, 6) is 0.716. The standard InChI is InChI=1S/C11H15ClNO/c1-13(2)8-5-9-14-11-7-4-3-6-10(11)12/h3-4,7H,5,8-9H2,1-2H3. The molecule has 0 aliphatic heterocycles. The molecule has 0 aromatic heterocycles. The van der Waals surface area contributed by atoms with Crippen molar-refractivity contribution >= 4 is 11.6 Å². The molecule has 3 heteroatoms. The van der Waals surface area contributed by atoms with E-state index >= 15 is 0 Å². The van der Waals surface area contributed by atoms with Gasteiger partial charge in [-0.05, 0) is 26.6 Å². The summed E-state index contributed by atoms with van der Waals surface area (Å²) in [6.07, 6.45) is 0.998. The SMILES string of the molecule is CN(C)CCCOc1ccc[c]c1Cl. The highest BCUT2D eigenvalue weighted by molar-refractivity contribution is 6.31. The number of halogens is 1. The quantitative estimate of drug-likeness (QED) is 0.696. The maximum absolute atomic E-state index is 5.87. The molecule has 0 fully saturated rings. The Bertz CT molecular complexity index is 276. The van der Waals surface area contributed by atoms with E-state index in [1.807, 2.05) is 26.2 Å². The third-order valence-electron chi connectivity index (χ3n) is 1.78. The fraction of sp³-hybridized carbons (Fsp3) is 0.455. The normalized spacial score (nSPS) is 10.6. The Morgan fingerprint density at radius 1 is 1.50 bits per heavy atom. The van der Waals surface area contributed by atoms with Crippen molar-refractivity contribution in [2.24, 2.45) is 0 Å². The van der Waals surface area contributed by atoms with Crippen LogP contribution in [0.4, 0.5) is 0 Å². The Hall–Kier alpha value is -0.730. The highest BCUT2D eigenvalue weighted by Gasteiger charge is 1.99. The van der Waals surface area contributed by atoms with E-state index in [0.717, 1.165) is 13.0 Å². The predicted molar refractivity (Wildman–Crippen MR) is 59.0 cm³/mol. The summed E-state index contributed by atoms with van der Waals surface area (Å²) >= 11 is 5.87. The summed E-state index contributed by atoms with van der Waals surface area (Å²) in [6, 6.07) is 8.38. The molecular formula is C11H15ClNO. The van der Waals surface area contributed by atoms with Gasteiger partial charge in [0.05, 0.1) is 11.6 Å². The van der Waals surface area contributed by atoms with E-state index < -0.39 is 0 Å². The van der Waals surface area contributed by atoms with Crippen LogP contribution >= 0.6 is 11.6 Å². The fourth-order valence-corrected chi connectivity index (χ4v) is 1.26. The van der Waals surface area contributed by atoms with E-state index in [2.05, 4.69) is 11.0 Å². The van der Waals surface area contributed by atoms with E-state index in [1.165, 1.54) is 0 Å². The summed E-state index contributed by atoms with van der Waals surface area (Å²) in [7, 11) is 4.09. The van der Waals surface area contributed by atoms with Crippen LogP contribution in [-0.2, 0) is 0 Å². The zero-order chi connectivity index (χ0) is 10.4. The summed E-state index contributed by atoms with van der Waals surface area (Å²) in [6.45, 7) is 1.71. The first-order valence-electron chi connectivity index (χ1n) is 4.64. The van der Waals surface area contributed by atoms with Gasteiger partial charge in [-0.3, -0.25) is 0 Å². The lowest BCUT2D eigenvalue weighted by Crippen LogP contribution is -2.15. The van der Waals surface area contributed by atoms with Crippen molar-refractivity contribution in [1.82, 2.24) is 4.90 Å². The topological polar surface area (TPSA) is 12.5 Å². The third kappa shape index (κ3) is 3.99. The Labute approximate surface area is 90.4 Å². The number of ether oxygens (including phenoxy) is 1. The molecule has 0 unspecified atom stereocenters. The molecule has 0 aliphatic rings. The molecule has 0 saturated carbocycles. The third-order valence-corrected chi connectivity index (χ3v) is 2.07. The number of hydrogen-bond acceptors (Lipinski definition) is 2. The molecule has 1 aromatic carbocycles. The second-order valence-electron chi connectivity index (χ2n) is 3.35. The van der Waals surface area contributed by atoms with Gasteiger partial charge < -0.3 is 9.64 Å². The Morgan fingerprint density at radius 2 is 2.29 bits per heavy atom. The predicted octanol–water partition coefficient (Wildman–Crippen LogP) is 2.47. The molecule has 0 atom stereocenters. The molecule has 2 nitrogen and oxygen atoms in total. The van der Waals surface area contributed by atoms with Crippen molar-refractivity contribution in [2.45, 2.75) is 6.42 Å². The van der Waals surface area contributed by atoms with E-state index in [0.29, 0.717) is 17.4 Å². The first-order chi connectivity index (χ1) is 6.70. The van der Waals surface area contributed by atoms with Crippen LogP contribution in [0, 0.1) is 6.07 Å². The molecule has 0 amide bonds. The zero-order valence-corrected chi connectivity index (χ0v) is 9.34. The molecule has 0 aliphatic carbocycles. The number of hydrogen-bond donors (Lipinski definition) is 0. The Balaban J connectivity index is 2.28.